The van der Waals surface area contributed by atoms with Crippen molar-refractivity contribution < 1.29 is 22.7 Å². The molecule has 2 fully saturated rings. The van der Waals surface area contributed by atoms with Crippen LogP contribution in [0.3, 0.4) is 0 Å². The molecule has 1 unspecified atom stereocenters. The van der Waals surface area contributed by atoms with Crippen molar-refractivity contribution in [2.75, 3.05) is 46.0 Å². The fraction of sp³-hybridized carbons (Fsp3) is 0.889. The molecule has 0 aromatic rings. The van der Waals surface area contributed by atoms with E-state index in [9.17, 15) is 13.2 Å². The Morgan fingerprint density at radius 3 is 2.33 bits per heavy atom. The molecule has 0 aromatic carbocycles. The van der Waals surface area contributed by atoms with E-state index in [0.717, 1.165) is 0 Å². The van der Waals surface area contributed by atoms with Gasteiger partial charge in [-0.2, -0.15) is 17.0 Å². The molecule has 1 atom stereocenters. The zero-order valence-electron chi connectivity index (χ0n) is 9.95. The molecule has 2 aliphatic heterocycles. The molecule has 2 N–H and O–H groups in total. The van der Waals surface area contributed by atoms with Crippen molar-refractivity contribution in [3.8, 4) is 0 Å². The van der Waals surface area contributed by atoms with Crippen LogP contribution in [-0.2, 0) is 24.5 Å². The summed E-state index contributed by atoms with van der Waals surface area (Å²) in [5, 5.41) is 0. The summed E-state index contributed by atoms with van der Waals surface area (Å²) in [5.41, 5.74) is 5.13. The molecule has 0 aliphatic carbocycles. The molecule has 18 heavy (non-hydrogen) atoms. The summed E-state index contributed by atoms with van der Waals surface area (Å²) in [4.78, 5) is 11.0. The number of hydrogen-bond acceptors (Lipinski definition) is 5. The summed E-state index contributed by atoms with van der Waals surface area (Å²) >= 11 is 0. The van der Waals surface area contributed by atoms with Crippen LogP contribution in [0.25, 0.3) is 0 Å². The quantitative estimate of drug-likeness (QED) is 0.629. The molecule has 8 nitrogen and oxygen atoms in total. The lowest BCUT2D eigenvalue weighted by Gasteiger charge is -2.35. The van der Waals surface area contributed by atoms with Gasteiger partial charge in [0.05, 0.1) is 26.4 Å². The maximum absolute atomic E-state index is 12.3. The van der Waals surface area contributed by atoms with E-state index in [1.54, 1.807) is 0 Å². The Morgan fingerprint density at radius 1 is 1.11 bits per heavy atom. The van der Waals surface area contributed by atoms with Crippen molar-refractivity contribution in [2.24, 2.45) is 5.73 Å². The summed E-state index contributed by atoms with van der Waals surface area (Å²) in [5.74, 6) is -0.642. The third-order valence-corrected chi connectivity index (χ3v) is 4.97. The highest BCUT2D eigenvalue weighted by molar-refractivity contribution is 7.86. The number of hydrogen-bond donors (Lipinski definition) is 1. The molecule has 9 heteroatoms. The van der Waals surface area contributed by atoms with Crippen molar-refractivity contribution in [1.29, 1.82) is 0 Å². The van der Waals surface area contributed by atoms with E-state index in [0.29, 0.717) is 26.3 Å². The number of nitrogens with zero attached hydrogens (tertiary/aromatic N) is 2. The molecule has 104 valence electrons. The first-order valence-electron chi connectivity index (χ1n) is 5.75. The van der Waals surface area contributed by atoms with Gasteiger partial charge in [0, 0.05) is 19.6 Å². The van der Waals surface area contributed by atoms with Crippen molar-refractivity contribution in [3.05, 3.63) is 0 Å². The summed E-state index contributed by atoms with van der Waals surface area (Å²) < 4.78 is 37.4. The lowest BCUT2D eigenvalue weighted by molar-refractivity contribution is -0.132. The largest absolute Gasteiger partial charge is 0.379 e. The zero-order chi connectivity index (χ0) is 13.2. The minimum absolute atomic E-state index is 0.0188. The molecular weight excluding hydrogens is 262 g/mol. The molecule has 2 saturated heterocycles. The van der Waals surface area contributed by atoms with E-state index >= 15 is 0 Å². The van der Waals surface area contributed by atoms with E-state index in [1.165, 1.54) is 8.61 Å². The van der Waals surface area contributed by atoms with Crippen LogP contribution in [0.2, 0.25) is 0 Å². The van der Waals surface area contributed by atoms with E-state index in [4.69, 9.17) is 15.2 Å². The van der Waals surface area contributed by atoms with E-state index < -0.39 is 22.2 Å². The van der Waals surface area contributed by atoms with Gasteiger partial charge in [-0.15, -0.1) is 0 Å². The van der Waals surface area contributed by atoms with Crippen LogP contribution in [0.5, 0.6) is 0 Å². The summed E-state index contributed by atoms with van der Waals surface area (Å²) in [6.07, 6.45) is -0.866. The number of carbonyl (C=O) groups is 1. The van der Waals surface area contributed by atoms with E-state index in [1.807, 2.05) is 0 Å². The van der Waals surface area contributed by atoms with Crippen molar-refractivity contribution in [1.82, 2.24) is 8.61 Å². The van der Waals surface area contributed by atoms with Gasteiger partial charge < -0.3 is 15.2 Å². The molecule has 0 bridgehead atoms. The number of amides is 1. The smallest absolute Gasteiger partial charge is 0.282 e. The second-order valence-electron chi connectivity index (χ2n) is 4.14. The minimum Gasteiger partial charge on any atom is -0.379 e. The number of rotatable bonds is 3. The second-order valence-corrected chi connectivity index (χ2v) is 6.07. The standard InChI is InChI=1S/C9H17N3O5S/c10-9(13)8-7-12(3-6-17-8)18(14,15)11-1-4-16-5-2-11/h8H,1-7H2,(H2,10,13). The van der Waals surface area contributed by atoms with Crippen LogP contribution >= 0.6 is 0 Å². The van der Waals surface area contributed by atoms with Crippen LogP contribution in [0.4, 0.5) is 0 Å². The SMILES string of the molecule is NC(=O)C1CN(S(=O)(=O)N2CCOCC2)CCO1. The van der Waals surface area contributed by atoms with Gasteiger partial charge in [0.2, 0.25) is 5.91 Å². The van der Waals surface area contributed by atoms with Crippen LogP contribution in [0.15, 0.2) is 0 Å². The Labute approximate surface area is 106 Å². The van der Waals surface area contributed by atoms with Crippen LogP contribution in [-0.4, -0.2) is 75.0 Å². The molecule has 1 amide bonds. The number of ether oxygens (including phenoxy) is 2. The third-order valence-electron chi connectivity index (χ3n) is 2.97. The zero-order valence-corrected chi connectivity index (χ0v) is 10.8. The van der Waals surface area contributed by atoms with Gasteiger partial charge in [-0.05, 0) is 0 Å². The topological polar surface area (TPSA) is 102 Å². The van der Waals surface area contributed by atoms with E-state index in [-0.39, 0.29) is 19.7 Å². The highest BCUT2D eigenvalue weighted by Gasteiger charge is 2.36. The monoisotopic (exact) mass is 279 g/mol. The van der Waals surface area contributed by atoms with Gasteiger partial charge in [0.25, 0.3) is 10.2 Å². The fourth-order valence-electron chi connectivity index (χ4n) is 1.95. The predicted octanol–water partition coefficient (Wildman–Crippen LogP) is -2.25. The normalized spacial score (nSPS) is 28.1. The number of primary amides is 1. The maximum atomic E-state index is 12.3. The van der Waals surface area contributed by atoms with Gasteiger partial charge in [-0.3, -0.25) is 4.79 Å². The van der Waals surface area contributed by atoms with Gasteiger partial charge in [-0.25, -0.2) is 0 Å². The molecule has 0 radical (unpaired) electrons. The molecule has 0 saturated carbocycles. The van der Waals surface area contributed by atoms with Crippen LogP contribution < -0.4 is 5.73 Å². The van der Waals surface area contributed by atoms with Crippen LogP contribution in [0, 0.1) is 0 Å². The average Bonchev–Trinajstić information content (AvgIpc) is 2.40. The second kappa shape index (κ2) is 5.49. The summed E-state index contributed by atoms with van der Waals surface area (Å²) in [6, 6.07) is 0. The Bertz CT molecular complexity index is 406. The summed E-state index contributed by atoms with van der Waals surface area (Å²) in [6.45, 7) is 1.85. The Balaban J connectivity index is 2.06. The lowest BCUT2D eigenvalue weighted by Crippen LogP contribution is -2.55. The van der Waals surface area contributed by atoms with E-state index in [2.05, 4.69) is 0 Å². The number of morpholine rings is 2. The molecule has 2 heterocycles. The Hall–Kier alpha value is -0.740. The lowest BCUT2D eigenvalue weighted by atomic mass is 10.3. The van der Waals surface area contributed by atoms with Crippen molar-refractivity contribution in [3.63, 3.8) is 0 Å². The maximum Gasteiger partial charge on any atom is 0.282 e. The predicted molar refractivity (Wildman–Crippen MR) is 61.8 cm³/mol. The highest BCUT2D eigenvalue weighted by Crippen LogP contribution is 2.15. The van der Waals surface area contributed by atoms with Gasteiger partial charge in [0.1, 0.15) is 6.10 Å². The molecule has 2 rings (SSSR count). The summed E-state index contributed by atoms with van der Waals surface area (Å²) in [7, 11) is -3.55. The number of nitrogens with two attached hydrogens (primary N) is 1. The fourth-order valence-corrected chi connectivity index (χ4v) is 3.51. The van der Waals surface area contributed by atoms with Gasteiger partial charge in [-0.1, -0.05) is 0 Å². The third kappa shape index (κ3) is 2.81. The molecular formula is C9H17N3O5S. The molecule has 2 aliphatic rings. The highest BCUT2D eigenvalue weighted by atomic mass is 32.2. The van der Waals surface area contributed by atoms with Gasteiger partial charge >= 0.3 is 0 Å². The first-order chi connectivity index (χ1) is 8.51. The number of carbonyl (C=O) groups excluding carboxylic acids is 1. The molecule has 0 spiro atoms. The minimum atomic E-state index is -3.55. The molecule has 0 aromatic heterocycles. The van der Waals surface area contributed by atoms with Crippen molar-refractivity contribution in [2.45, 2.75) is 6.10 Å². The van der Waals surface area contributed by atoms with Crippen LogP contribution in [0.1, 0.15) is 0 Å². The van der Waals surface area contributed by atoms with Crippen molar-refractivity contribution >= 4 is 16.1 Å². The van der Waals surface area contributed by atoms with Gasteiger partial charge in [0.15, 0.2) is 0 Å². The Kier molecular flexibility index (Phi) is 4.17. The first-order valence-corrected chi connectivity index (χ1v) is 7.15. The average molecular weight is 279 g/mol. The Morgan fingerprint density at radius 2 is 1.72 bits per heavy atom. The first kappa shape index (κ1) is 13.7.